The van der Waals surface area contributed by atoms with Gasteiger partial charge in [-0.3, -0.25) is 10.1 Å². The van der Waals surface area contributed by atoms with Crippen molar-refractivity contribution in [1.82, 2.24) is 0 Å². The summed E-state index contributed by atoms with van der Waals surface area (Å²) in [6.07, 6.45) is 0. The summed E-state index contributed by atoms with van der Waals surface area (Å²) in [5.41, 5.74) is -0.207. The molecule has 1 rings (SSSR count). The van der Waals surface area contributed by atoms with Gasteiger partial charge in [-0.1, -0.05) is 0 Å². The molecule has 0 aliphatic rings. The van der Waals surface area contributed by atoms with Crippen molar-refractivity contribution in [3.05, 3.63) is 32.3 Å². The molecule has 0 bridgehead atoms. The van der Waals surface area contributed by atoms with Crippen molar-refractivity contribution in [2.75, 3.05) is 14.2 Å². The minimum atomic E-state index is -0.655. The highest BCUT2D eigenvalue weighted by molar-refractivity contribution is 9.10. The van der Waals surface area contributed by atoms with E-state index < -0.39 is 10.9 Å². The fraction of sp³-hybridized carbons (Fsp3) is 0.222. The Balaban J connectivity index is 3.38. The Hall–Kier alpha value is -1.63. The summed E-state index contributed by atoms with van der Waals surface area (Å²) < 4.78 is 9.70. The van der Waals surface area contributed by atoms with Gasteiger partial charge in [0.2, 0.25) is 0 Å². The lowest BCUT2D eigenvalue weighted by Gasteiger charge is -2.06. The molecule has 0 aliphatic carbocycles. The second kappa shape index (κ2) is 4.93. The molecule has 0 saturated carbocycles. The van der Waals surface area contributed by atoms with Gasteiger partial charge in [-0.15, -0.1) is 0 Å². The van der Waals surface area contributed by atoms with Gasteiger partial charge >= 0.3 is 11.7 Å². The monoisotopic (exact) mass is 289 g/mol. The molecule has 0 unspecified atom stereocenters. The molecule has 7 heteroatoms. The predicted octanol–water partition coefficient (Wildman–Crippen LogP) is 2.15. The number of halogens is 1. The molecule has 1 aromatic rings. The minimum absolute atomic E-state index is 0.0736. The van der Waals surface area contributed by atoms with E-state index in [0.29, 0.717) is 4.47 Å². The van der Waals surface area contributed by atoms with Crippen LogP contribution in [-0.2, 0) is 4.74 Å². The molecule has 86 valence electrons. The first-order valence-corrected chi connectivity index (χ1v) is 4.90. The number of benzene rings is 1. The van der Waals surface area contributed by atoms with Crippen LogP contribution < -0.4 is 4.74 Å². The summed E-state index contributed by atoms with van der Waals surface area (Å²) in [6, 6.07) is 2.46. The summed E-state index contributed by atoms with van der Waals surface area (Å²) in [5.74, 6) is -0.581. The smallest absolute Gasteiger partial charge is 0.339 e. The van der Waals surface area contributed by atoms with Crippen LogP contribution in [0.2, 0.25) is 0 Å². The lowest BCUT2D eigenvalue weighted by atomic mass is 10.2. The number of esters is 1. The Morgan fingerprint density at radius 3 is 2.50 bits per heavy atom. The van der Waals surface area contributed by atoms with Gasteiger partial charge in [-0.25, -0.2) is 4.79 Å². The van der Waals surface area contributed by atoms with Crippen LogP contribution in [0.3, 0.4) is 0 Å². The summed E-state index contributed by atoms with van der Waals surface area (Å²) in [4.78, 5) is 21.4. The molecule has 0 atom stereocenters. The zero-order chi connectivity index (χ0) is 12.3. The normalized spacial score (nSPS) is 9.69. The first kappa shape index (κ1) is 12.4. The maximum Gasteiger partial charge on any atom is 0.339 e. The van der Waals surface area contributed by atoms with E-state index in [1.165, 1.54) is 20.3 Å². The molecule has 0 heterocycles. The second-order valence-corrected chi connectivity index (χ2v) is 3.61. The van der Waals surface area contributed by atoms with Crippen LogP contribution >= 0.6 is 15.9 Å². The molecule has 0 radical (unpaired) electrons. The Morgan fingerprint density at radius 1 is 1.44 bits per heavy atom. The van der Waals surface area contributed by atoms with Gasteiger partial charge in [-0.05, 0) is 15.9 Å². The van der Waals surface area contributed by atoms with Gasteiger partial charge in [-0.2, -0.15) is 0 Å². The van der Waals surface area contributed by atoms with E-state index in [2.05, 4.69) is 20.7 Å². The van der Waals surface area contributed by atoms with Gasteiger partial charge in [0.15, 0.2) is 5.75 Å². The Kier molecular flexibility index (Phi) is 3.83. The van der Waals surface area contributed by atoms with Gasteiger partial charge in [0.1, 0.15) is 0 Å². The molecule has 0 amide bonds. The molecule has 6 nitrogen and oxygen atoms in total. The number of ether oxygens (including phenoxy) is 2. The molecule has 0 spiro atoms. The first-order chi connectivity index (χ1) is 7.51. The summed E-state index contributed by atoms with van der Waals surface area (Å²) in [6.45, 7) is 0. The second-order valence-electron chi connectivity index (χ2n) is 2.75. The zero-order valence-corrected chi connectivity index (χ0v) is 10.1. The fourth-order valence-corrected chi connectivity index (χ4v) is 1.60. The van der Waals surface area contributed by atoms with Crippen molar-refractivity contribution in [2.45, 2.75) is 0 Å². The van der Waals surface area contributed by atoms with Crippen molar-refractivity contribution >= 4 is 27.6 Å². The van der Waals surface area contributed by atoms with Crippen LogP contribution in [0.5, 0.6) is 5.75 Å². The van der Waals surface area contributed by atoms with Crippen LogP contribution in [0.4, 0.5) is 5.69 Å². The van der Waals surface area contributed by atoms with Crippen molar-refractivity contribution in [1.29, 1.82) is 0 Å². The molecule has 0 saturated heterocycles. The Labute approximate surface area is 99.4 Å². The third-order valence-electron chi connectivity index (χ3n) is 1.87. The van der Waals surface area contributed by atoms with Crippen LogP contribution in [0.1, 0.15) is 10.4 Å². The van der Waals surface area contributed by atoms with Crippen LogP contribution in [0.15, 0.2) is 16.6 Å². The molecule has 1 aromatic carbocycles. The highest BCUT2D eigenvalue weighted by Gasteiger charge is 2.21. The van der Waals surface area contributed by atoms with E-state index >= 15 is 0 Å². The van der Waals surface area contributed by atoms with Crippen LogP contribution in [-0.4, -0.2) is 25.1 Å². The molecular weight excluding hydrogens is 282 g/mol. The van der Waals surface area contributed by atoms with Crippen LogP contribution in [0.25, 0.3) is 0 Å². The average Bonchev–Trinajstić information content (AvgIpc) is 2.27. The molecule has 16 heavy (non-hydrogen) atoms. The van der Waals surface area contributed by atoms with Crippen molar-refractivity contribution in [3.63, 3.8) is 0 Å². The van der Waals surface area contributed by atoms with Gasteiger partial charge in [0.05, 0.1) is 24.7 Å². The number of hydrogen-bond acceptors (Lipinski definition) is 5. The number of nitro benzene ring substituents is 1. The van der Waals surface area contributed by atoms with Gasteiger partial charge in [0.25, 0.3) is 0 Å². The van der Waals surface area contributed by atoms with Gasteiger partial charge in [0, 0.05) is 16.6 Å². The quantitative estimate of drug-likeness (QED) is 0.484. The van der Waals surface area contributed by atoms with E-state index in [0.717, 1.165) is 6.07 Å². The molecule has 0 aliphatic heterocycles. The third-order valence-corrected chi connectivity index (χ3v) is 2.53. The number of rotatable bonds is 3. The molecule has 0 N–H and O–H groups in total. The van der Waals surface area contributed by atoms with E-state index in [-0.39, 0.29) is 17.0 Å². The van der Waals surface area contributed by atoms with Crippen molar-refractivity contribution in [2.24, 2.45) is 0 Å². The topological polar surface area (TPSA) is 78.7 Å². The Morgan fingerprint density at radius 2 is 2.06 bits per heavy atom. The zero-order valence-electron chi connectivity index (χ0n) is 8.52. The van der Waals surface area contributed by atoms with Crippen LogP contribution in [0, 0.1) is 10.1 Å². The Bertz CT molecular complexity index is 446. The number of methoxy groups -OCH3 is 2. The summed E-state index contributed by atoms with van der Waals surface area (Å²) in [5, 5.41) is 10.7. The molecule has 0 fully saturated rings. The molecular formula is C9H8BrNO5. The number of carbonyl (C=O) groups excluding carboxylic acids is 1. The number of hydrogen-bond donors (Lipinski definition) is 0. The highest BCUT2D eigenvalue weighted by Crippen LogP contribution is 2.33. The average molecular weight is 290 g/mol. The van der Waals surface area contributed by atoms with Crippen molar-refractivity contribution in [3.8, 4) is 5.75 Å². The fourth-order valence-electron chi connectivity index (χ4n) is 1.12. The highest BCUT2D eigenvalue weighted by atomic mass is 79.9. The number of nitrogens with zero attached hydrogens (tertiary/aromatic N) is 1. The lowest BCUT2D eigenvalue weighted by molar-refractivity contribution is -0.385. The summed E-state index contributed by atoms with van der Waals surface area (Å²) in [7, 11) is 2.51. The lowest BCUT2D eigenvalue weighted by Crippen LogP contribution is -2.04. The largest absolute Gasteiger partial charge is 0.490 e. The summed E-state index contributed by atoms with van der Waals surface area (Å²) >= 11 is 3.11. The third kappa shape index (κ3) is 2.30. The predicted molar refractivity (Wildman–Crippen MR) is 58.7 cm³/mol. The van der Waals surface area contributed by atoms with E-state index in [1.54, 1.807) is 0 Å². The first-order valence-electron chi connectivity index (χ1n) is 4.11. The minimum Gasteiger partial charge on any atom is -0.490 e. The standard InChI is InChI=1S/C9H8BrNO5/c1-15-8-4-6(10)5(9(12)16-2)3-7(8)11(13)14/h3-4H,1-2H3. The van der Waals surface area contributed by atoms with E-state index in [9.17, 15) is 14.9 Å². The van der Waals surface area contributed by atoms with Crippen molar-refractivity contribution < 1.29 is 19.2 Å². The maximum atomic E-state index is 11.3. The number of carbonyl (C=O) groups is 1. The van der Waals surface area contributed by atoms with Gasteiger partial charge < -0.3 is 9.47 Å². The maximum absolute atomic E-state index is 11.3. The van der Waals surface area contributed by atoms with E-state index in [4.69, 9.17) is 4.74 Å². The SMILES string of the molecule is COC(=O)c1cc([N+](=O)[O-])c(OC)cc1Br. The number of nitro groups is 1. The molecule has 0 aromatic heterocycles. The van der Waals surface area contributed by atoms with E-state index in [1.807, 2.05) is 0 Å².